The summed E-state index contributed by atoms with van der Waals surface area (Å²) in [5.41, 5.74) is 1.81. The highest BCUT2D eigenvalue weighted by Gasteiger charge is 2.24. The van der Waals surface area contributed by atoms with Gasteiger partial charge in [0.25, 0.3) is 5.91 Å². The molecule has 0 fully saturated rings. The number of sulfone groups is 1. The zero-order valence-corrected chi connectivity index (χ0v) is 15.1. The van der Waals surface area contributed by atoms with E-state index in [2.05, 4.69) is 11.1 Å². The van der Waals surface area contributed by atoms with Crippen molar-refractivity contribution in [1.82, 2.24) is 14.3 Å². The maximum absolute atomic E-state index is 12.8. The molecule has 0 spiro atoms. The predicted molar refractivity (Wildman–Crippen MR) is 95.3 cm³/mol. The number of nitrogens with zero attached hydrogens (tertiary/aromatic N) is 4. The number of hydrogen-bond donors (Lipinski definition) is 0. The summed E-state index contributed by atoms with van der Waals surface area (Å²) in [6, 6.07) is 14.1. The van der Waals surface area contributed by atoms with Crippen molar-refractivity contribution >= 4 is 21.3 Å². The van der Waals surface area contributed by atoms with Gasteiger partial charge in [-0.05, 0) is 29.8 Å². The van der Waals surface area contributed by atoms with Crippen molar-refractivity contribution in [3.63, 3.8) is 0 Å². The molecule has 1 aromatic carbocycles. The summed E-state index contributed by atoms with van der Waals surface area (Å²) in [5, 5.41) is 8.81. The fourth-order valence-corrected chi connectivity index (χ4v) is 3.47. The Morgan fingerprint density at radius 1 is 1.27 bits per heavy atom. The fourth-order valence-electron chi connectivity index (χ4n) is 2.69. The van der Waals surface area contributed by atoms with Gasteiger partial charge in [0.1, 0.15) is 0 Å². The minimum absolute atomic E-state index is 0.0740. The van der Waals surface area contributed by atoms with E-state index in [4.69, 9.17) is 5.26 Å². The van der Waals surface area contributed by atoms with Gasteiger partial charge in [-0.25, -0.2) is 13.4 Å². The Kier molecular flexibility index (Phi) is 4.49. The zero-order chi connectivity index (χ0) is 18.9. The van der Waals surface area contributed by atoms with E-state index >= 15 is 0 Å². The van der Waals surface area contributed by atoms with E-state index in [0.29, 0.717) is 11.1 Å². The molecule has 26 heavy (non-hydrogen) atoms. The predicted octanol–water partition coefficient (Wildman–Crippen LogP) is 1.88. The molecular weight excluding hydrogens is 352 g/mol. The summed E-state index contributed by atoms with van der Waals surface area (Å²) in [6.07, 6.45) is 2.62. The maximum Gasteiger partial charge on any atom is 0.274 e. The van der Waals surface area contributed by atoms with Crippen molar-refractivity contribution in [2.45, 2.75) is 11.7 Å². The molecule has 2 aromatic heterocycles. The molecule has 0 aliphatic carbocycles. The van der Waals surface area contributed by atoms with Crippen LogP contribution in [0.4, 0.5) is 0 Å². The number of amides is 1. The van der Waals surface area contributed by atoms with Crippen LogP contribution in [0.15, 0.2) is 53.8 Å². The minimum Gasteiger partial charge on any atom is -0.336 e. The average molecular weight is 368 g/mol. The van der Waals surface area contributed by atoms with Gasteiger partial charge in [-0.15, -0.1) is 0 Å². The van der Waals surface area contributed by atoms with Crippen molar-refractivity contribution in [1.29, 1.82) is 5.26 Å². The number of carbonyl (C=O) groups excluding carboxylic acids is 1. The van der Waals surface area contributed by atoms with Gasteiger partial charge in [0.15, 0.2) is 5.69 Å². The summed E-state index contributed by atoms with van der Waals surface area (Å²) in [4.78, 5) is 18.4. The second kappa shape index (κ2) is 6.61. The minimum atomic E-state index is -3.59. The van der Waals surface area contributed by atoms with Crippen LogP contribution in [0.25, 0.3) is 5.52 Å². The lowest BCUT2D eigenvalue weighted by atomic mass is 10.1. The normalized spacial score (nSPS) is 11.3. The topological polar surface area (TPSA) is 95.5 Å². The summed E-state index contributed by atoms with van der Waals surface area (Å²) in [7, 11) is -1.98. The number of benzene rings is 1. The number of aromatic nitrogens is 2. The third-order valence-electron chi connectivity index (χ3n) is 3.87. The molecule has 0 unspecified atom stereocenters. The molecule has 0 saturated carbocycles. The second-order valence-electron chi connectivity index (χ2n) is 5.94. The Hall–Kier alpha value is -3.18. The largest absolute Gasteiger partial charge is 0.336 e. The Morgan fingerprint density at radius 2 is 2.04 bits per heavy atom. The van der Waals surface area contributed by atoms with E-state index in [1.54, 1.807) is 49.6 Å². The monoisotopic (exact) mass is 368 g/mol. The summed E-state index contributed by atoms with van der Waals surface area (Å²) in [5.74, 6) is -0.397. The van der Waals surface area contributed by atoms with Crippen molar-refractivity contribution in [2.24, 2.45) is 0 Å². The van der Waals surface area contributed by atoms with E-state index in [1.165, 1.54) is 9.30 Å². The molecular formula is C18H16N4O3S. The zero-order valence-electron chi connectivity index (χ0n) is 14.2. The van der Waals surface area contributed by atoms with Gasteiger partial charge in [0.05, 0.1) is 17.1 Å². The number of pyridine rings is 1. The highest BCUT2D eigenvalue weighted by molar-refractivity contribution is 7.90. The summed E-state index contributed by atoms with van der Waals surface area (Å²) in [6.45, 7) is 0.272. The Bertz CT molecular complexity index is 1140. The first kappa shape index (κ1) is 17.6. The van der Waals surface area contributed by atoms with Gasteiger partial charge in [0.2, 0.25) is 15.0 Å². The number of fused-ring (bicyclic) bond motifs is 1. The summed E-state index contributed by atoms with van der Waals surface area (Å²) >= 11 is 0. The molecule has 0 bridgehead atoms. The van der Waals surface area contributed by atoms with Crippen LogP contribution in [0.1, 0.15) is 21.6 Å². The Morgan fingerprint density at radius 3 is 2.73 bits per heavy atom. The second-order valence-corrected chi connectivity index (χ2v) is 7.85. The van der Waals surface area contributed by atoms with Crippen LogP contribution < -0.4 is 0 Å². The van der Waals surface area contributed by atoms with Gasteiger partial charge in [-0.1, -0.05) is 18.2 Å². The SMILES string of the molecule is CN(Cc1cccc(C#N)c1)C(=O)c1nc(S(C)(=O)=O)n2ccccc12. The van der Waals surface area contributed by atoms with E-state index < -0.39 is 15.7 Å². The number of rotatable bonds is 4. The number of imidazole rings is 1. The first-order valence-corrected chi connectivity index (χ1v) is 9.62. The molecule has 0 atom stereocenters. The van der Waals surface area contributed by atoms with Gasteiger partial charge < -0.3 is 4.90 Å². The standard InChI is InChI=1S/C18H16N4O3S/c1-21(12-14-7-5-6-13(10-14)11-19)17(23)16-15-8-3-4-9-22(15)18(20-16)26(2,24)25/h3-10H,12H2,1-2H3. The highest BCUT2D eigenvalue weighted by Crippen LogP contribution is 2.19. The van der Waals surface area contributed by atoms with Crippen LogP contribution in [0, 0.1) is 11.3 Å². The molecule has 0 aliphatic rings. The van der Waals surface area contributed by atoms with Crippen LogP contribution in [0.3, 0.4) is 0 Å². The van der Waals surface area contributed by atoms with E-state index in [1.807, 2.05) is 6.07 Å². The Balaban J connectivity index is 1.98. The van der Waals surface area contributed by atoms with Gasteiger partial charge >= 0.3 is 0 Å². The lowest BCUT2D eigenvalue weighted by Gasteiger charge is -2.16. The fraction of sp³-hybridized carbons (Fsp3) is 0.167. The average Bonchev–Trinajstić information content (AvgIpc) is 3.01. The van der Waals surface area contributed by atoms with Crippen molar-refractivity contribution in [3.05, 3.63) is 65.5 Å². The van der Waals surface area contributed by atoms with Crippen molar-refractivity contribution < 1.29 is 13.2 Å². The van der Waals surface area contributed by atoms with Crippen molar-refractivity contribution in [2.75, 3.05) is 13.3 Å². The molecule has 132 valence electrons. The first-order chi connectivity index (χ1) is 12.3. The molecule has 0 N–H and O–H groups in total. The molecule has 2 heterocycles. The van der Waals surface area contributed by atoms with Crippen LogP contribution in [0.2, 0.25) is 0 Å². The number of carbonyl (C=O) groups is 1. The van der Waals surface area contributed by atoms with E-state index in [-0.39, 0.29) is 17.4 Å². The van der Waals surface area contributed by atoms with Gasteiger partial charge in [-0.3, -0.25) is 9.20 Å². The van der Waals surface area contributed by atoms with Crippen LogP contribution in [0.5, 0.6) is 0 Å². The molecule has 3 aromatic rings. The molecule has 8 heteroatoms. The highest BCUT2D eigenvalue weighted by atomic mass is 32.2. The van der Waals surface area contributed by atoms with Gasteiger partial charge in [0, 0.05) is 26.0 Å². The lowest BCUT2D eigenvalue weighted by molar-refractivity contribution is 0.0781. The van der Waals surface area contributed by atoms with Crippen LogP contribution >= 0.6 is 0 Å². The lowest BCUT2D eigenvalue weighted by Crippen LogP contribution is -2.26. The molecule has 0 saturated heterocycles. The quantitative estimate of drug-likeness (QED) is 0.701. The summed E-state index contributed by atoms with van der Waals surface area (Å²) < 4.78 is 25.3. The van der Waals surface area contributed by atoms with Gasteiger partial charge in [-0.2, -0.15) is 5.26 Å². The van der Waals surface area contributed by atoms with E-state index in [9.17, 15) is 13.2 Å². The third-order valence-corrected chi connectivity index (χ3v) is 4.82. The molecule has 1 amide bonds. The van der Waals surface area contributed by atoms with Crippen LogP contribution in [-0.4, -0.2) is 41.9 Å². The first-order valence-electron chi connectivity index (χ1n) is 7.73. The van der Waals surface area contributed by atoms with Crippen LogP contribution in [-0.2, 0) is 16.4 Å². The van der Waals surface area contributed by atoms with E-state index in [0.717, 1.165) is 11.8 Å². The maximum atomic E-state index is 12.8. The number of hydrogen-bond acceptors (Lipinski definition) is 5. The molecule has 0 aliphatic heterocycles. The Labute approximate surface area is 151 Å². The smallest absolute Gasteiger partial charge is 0.274 e. The number of nitriles is 1. The molecule has 7 nitrogen and oxygen atoms in total. The molecule has 3 rings (SSSR count). The third kappa shape index (κ3) is 3.30. The molecule has 0 radical (unpaired) electrons. The van der Waals surface area contributed by atoms with Crippen molar-refractivity contribution in [3.8, 4) is 6.07 Å².